The topological polar surface area (TPSA) is 42.4 Å². The highest BCUT2D eigenvalue weighted by molar-refractivity contribution is 7.11. The zero-order valence-electron chi connectivity index (χ0n) is 10.2. The molecular formula is C13H14FNO2S. The van der Waals surface area contributed by atoms with Crippen molar-refractivity contribution >= 4 is 11.3 Å². The van der Waals surface area contributed by atoms with Gasteiger partial charge in [0.2, 0.25) is 0 Å². The number of thiazole rings is 1. The van der Waals surface area contributed by atoms with Crippen molar-refractivity contribution in [2.75, 3.05) is 7.11 Å². The van der Waals surface area contributed by atoms with Crippen LogP contribution in [-0.2, 0) is 13.0 Å². The van der Waals surface area contributed by atoms with E-state index in [9.17, 15) is 4.39 Å². The minimum absolute atomic E-state index is 0.000470. The Morgan fingerprint density at radius 1 is 1.44 bits per heavy atom. The van der Waals surface area contributed by atoms with E-state index in [4.69, 9.17) is 9.84 Å². The lowest BCUT2D eigenvalue weighted by Crippen LogP contribution is -1.92. The van der Waals surface area contributed by atoms with Gasteiger partial charge in [-0.15, -0.1) is 11.3 Å². The minimum Gasteiger partial charge on any atom is -0.494 e. The third-order valence-electron chi connectivity index (χ3n) is 2.65. The number of ether oxygens (including phenoxy) is 1. The second-order valence-electron chi connectivity index (χ2n) is 3.92. The van der Waals surface area contributed by atoms with Gasteiger partial charge in [-0.05, 0) is 24.6 Å². The predicted molar refractivity (Wildman–Crippen MR) is 68.5 cm³/mol. The van der Waals surface area contributed by atoms with Gasteiger partial charge >= 0.3 is 0 Å². The monoisotopic (exact) mass is 267 g/mol. The smallest absolute Gasteiger partial charge is 0.165 e. The standard InChI is InChI=1S/C13H14FNO2S/c1-8-12(7-16)18-13(15-8)6-9-3-4-11(17-2)10(14)5-9/h3-5,16H,6-7H2,1-2H3. The van der Waals surface area contributed by atoms with Crippen molar-refractivity contribution in [3.63, 3.8) is 0 Å². The zero-order valence-corrected chi connectivity index (χ0v) is 11.1. The molecular weight excluding hydrogens is 253 g/mol. The molecule has 96 valence electrons. The van der Waals surface area contributed by atoms with Crippen molar-refractivity contribution in [1.29, 1.82) is 0 Å². The molecule has 0 amide bonds. The largest absolute Gasteiger partial charge is 0.494 e. The molecule has 18 heavy (non-hydrogen) atoms. The number of aryl methyl sites for hydroxylation is 1. The van der Waals surface area contributed by atoms with Gasteiger partial charge in [0.15, 0.2) is 11.6 Å². The molecule has 0 radical (unpaired) electrons. The molecule has 0 aliphatic rings. The first-order valence-corrected chi connectivity index (χ1v) is 6.34. The van der Waals surface area contributed by atoms with Crippen LogP contribution < -0.4 is 4.74 Å². The van der Waals surface area contributed by atoms with Gasteiger partial charge < -0.3 is 9.84 Å². The fourth-order valence-corrected chi connectivity index (χ4v) is 2.67. The quantitative estimate of drug-likeness (QED) is 0.926. The lowest BCUT2D eigenvalue weighted by Gasteiger charge is -2.03. The highest BCUT2D eigenvalue weighted by Gasteiger charge is 2.09. The number of aromatic nitrogens is 1. The van der Waals surface area contributed by atoms with Gasteiger partial charge in [-0.1, -0.05) is 6.07 Å². The van der Waals surface area contributed by atoms with Crippen molar-refractivity contribution in [2.45, 2.75) is 20.0 Å². The first-order valence-electron chi connectivity index (χ1n) is 5.52. The van der Waals surface area contributed by atoms with Crippen LogP contribution in [0.15, 0.2) is 18.2 Å². The molecule has 0 fully saturated rings. The summed E-state index contributed by atoms with van der Waals surface area (Å²) < 4.78 is 18.4. The molecule has 0 saturated carbocycles. The number of hydrogen-bond donors (Lipinski definition) is 1. The lowest BCUT2D eigenvalue weighted by molar-refractivity contribution is 0.284. The molecule has 2 rings (SSSR count). The van der Waals surface area contributed by atoms with Gasteiger partial charge in [-0.25, -0.2) is 9.37 Å². The van der Waals surface area contributed by atoms with E-state index >= 15 is 0 Å². The van der Waals surface area contributed by atoms with E-state index in [0.717, 1.165) is 21.1 Å². The van der Waals surface area contributed by atoms with Gasteiger partial charge in [0.25, 0.3) is 0 Å². The number of methoxy groups -OCH3 is 1. The molecule has 0 aliphatic carbocycles. The number of aliphatic hydroxyl groups excluding tert-OH is 1. The van der Waals surface area contributed by atoms with Crippen LogP contribution in [0.25, 0.3) is 0 Å². The number of aliphatic hydroxyl groups is 1. The number of hydrogen-bond acceptors (Lipinski definition) is 4. The second-order valence-corrected chi connectivity index (χ2v) is 5.09. The number of halogens is 1. The first-order chi connectivity index (χ1) is 8.63. The molecule has 0 atom stereocenters. The number of nitrogens with zero attached hydrogens (tertiary/aromatic N) is 1. The Labute approximate surface area is 109 Å². The number of benzene rings is 1. The maximum atomic E-state index is 13.5. The average molecular weight is 267 g/mol. The SMILES string of the molecule is COc1ccc(Cc2nc(C)c(CO)s2)cc1F. The fourth-order valence-electron chi connectivity index (χ4n) is 1.71. The Morgan fingerprint density at radius 3 is 2.78 bits per heavy atom. The van der Waals surface area contributed by atoms with Crippen molar-refractivity contribution in [3.8, 4) is 5.75 Å². The van der Waals surface area contributed by atoms with Crippen LogP contribution in [0.3, 0.4) is 0 Å². The maximum absolute atomic E-state index is 13.5. The Hall–Kier alpha value is -1.46. The van der Waals surface area contributed by atoms with Crippen LogP contribution in [0.5, 0.6) is 5.75 Å². The molecule has 0 bridgehead atoms. The molecule has 0 unspecified atom stereocenters. The lowest BCUT2D eigenvalue weighted by atomic mass is 10.1. The summed E-state index contributed by atoms with van der Waals surface area (Å²) in [6, 6.07) is 4.88. The van der Waals surface area contributed by atoms with E-state index in [1.165, 1.54) is 24.5 Å². The predicted octanol–water partition coefficient (Wildman–Crippen LogP) is 2.68. The van der Waals surface area contributed by atoms with E-state index in [-0.39, 0.29) is 18.2 Å². The third-order valence-corrected chi connectivity index (χ3v) is 3.79. The summed E-state index contributed by atoms with van der Waals surface area (Å²) in [5.74, 6) is -0.129. The van der Waals surface area contributed by atoms with Crippen LogP contribution in [0.1, 0.15) is 21.1 Å². The van der Waals surface area contributed by atoms with Crippen LogP contribution >= 0.6 is 11.3 Å². The second kappa shape index (κ2) is 5.46. The fraction of sp³-hybridized carbons (Fsp3) is 0.308. The van der Waals surface area contributed by atoms with Crippen LogP contribution in [0.2, 0.25) is 0 Å². The summed E-state index contributed by atoms with van der Waals surface area (Å²) in [7, 11) is 1.44. The van der Waals surface area contributed by atoms with Gasteiger partial charge in [-0.2, -0.15) is 0 Å². The molecule has 5 heteroatoms. The molecule has 1 N–H and O–H groups in total. The summed E-state index contributed by atoms with van der Waals surface area (Å²) in [5.41, 5.74) is 1.68. The van der Waals surface area contributed by atoms with Crippen LogP contribution in [-0.4, -0.2) is 17.2 Å². The maximum Gasteiger partial charge on any atom is 0.165 e. The Bertz CT molecular complexity index is 554. The Morgan fingerprint density at radius 2 is 2.22 bits per heavy atom. The molecule has 1 aromatic carbocycles. The Kier molecular flexibility index (Phi) is 3.93. The average Bonchev–Trinajstić information content (AvgIpc) is 2.69. The Balaban J connectivity index is 2.20. The van der Waals surface area contributed by atoms with E-state index in [2.05, 4.69) is 4.98 Å². The molecule has 0 saturated heterocycles. The van der Waals surface area contributed by atoms with Gasteiger partial charge in [0.1, 0.15) is 0 Å². The summed E-state index contributed by atoms with van der Waals surface area (Å²) in [6.45, 7) is 1.86. The van der Waals surface area contributed by atoms with Crippen LogP contribution in [0, 0.1) is 12.7 Å². The molecule has 1 heterocycles. The number of rotatable bonds is 4. The van der Waals surface area contributed by atoms with E-state index < -0.39 is 0 Å². The molecule has 0 aliphatic heterocycles. The summed E-state index contributed by atoms with van der Waals surface area (Å²) in [5, 5.41) is 9.98. The van der Waals surface area contributed by atoms with Gasteiger partial charge in [-0.3, -0.25) is 0 Å². The third kappa shape index (κ3) is 2.68. The van der Waals surface area contributed by atoms with Crippen molar-refractivity contribution in [1.82, 2.24) is 4.98 Å². The first kappa shape index (κ1) is 13.0. The normalized spacial score (nSPS) is 10.7. The summed E-state index contributed by atoms with van der Waals surface area (Å²) in [6.07, 6.45) is 0.562. The van der Waals surface area contributed by atoms with Gasteiger partial charge in [0, 0.05) is 6.42 Å². The van der Waals surface area contributed by atoms with E-state index in [0.29, 0.717) is 6.42 Å². The molecule has 3 nitrogen and oxygen atoms in total. The summed E-state index contributed by atoms with van der Waals surface area (Å²) >= 11 is 1.46. The summed E-state index contributed by atoms with van der Waals surface area (Å²) in [4.78, 5) is 5.21. The van der Waals surface area contributed by atoms with Crippen molar-refractivity contribution in [2.24, 2.45) is 0 Å². The minimum atomic E-state index is -0.370. The highest BCUT2D eigenvalue weighted by atomic mass is 32.1. The zero-order chi connectivity index (χ0) is 13.1. The van der Waals surface area contributed by atoms with Crippen molar-refractivity contribution < 1.29 is 14.2 Å². The van der Waals surface area contributed by atoms with Crippen molar-refractivity contribution in [3.05, 3.63) is 45.2 Å². The molecule has 1 aromatic heterocycles. The highest BCUT2D eigenvalue weighted by Crippen LogP contribution is 2.23. The van der Waals surface area contributed by atoms with E-state index in [1.54, 1.807) is 6.07 Å². The molecule has 2 aromatic rings. The van der Waals surface area contributed by atoms with E-state index in [1.807, 2.05) is 13.0 Å². The van der Waals surface area contributed by atoms with Crippen LogP contribution in [0.4, 0.5) is 4.39 Å². The molecule has 0 spiro atoms. The van der Waals surface area contributed by atoms with Gasteiger partial charge in [0.05, 0.1) is 29.3 Å².